The van der Waals surface area contributed by atoms with E-state index in [1.807, 2.05) is 53.4 Å². The predicted octanol–water partition coefficient (Wildman–Crippen LogP) is 3.15. The molecule has 0 radical (unpaired) electrons. The van der Waals surface area contributed by atoms with Gasteiger partial charge in [-0.25, -0.2) is 4.79 Å². The van der Waals surface area contributed by atoms with Crippen LogP contribution in [0.25, 0.3) is 5.69 Å². The molecule has 0 saturated heterocycles. The Kier molecular flexibility index (Phi) is 4.80. The molecule has 0 aliphatic rings. The summed E-state index contributed by atoms with van der Waals surface area (Å²) < 4.78 is 2.00. The quantitative estimate of drug-likeness (QED) is 0.669. The van der Waals surface area contributed by atoms with E-state index in [1.165, 1.54) is 0 Å². The molecule has 1 aromatic heterocycles. The average Bonchev–Trinajstić information content (AvgIpc) is 3.09. The number of hydrogen-bond acceptors (Lipinski definition) is 2. The number of nitrogens with two attached hydrogens (primary N) is 1. The summed E-state index contributed by atoms with van der Waals surface area (Å²) in [5.41, 5.74) is 8.17. The lowest BCUT2D eigenvalue weighted by Crippen LogP contribution is -2.19. The van der Waals surface area contributed by atoms with Crippen LogP contribution in [0.4, 0.5) is 16.2 Å². The first-order chi connectivity index (χ1) is 12.1. The number of nitrogens with zero attached hydrogens (tertiary/aromatic N) is 1. The van der Waals surface area contributed by atoms with Crippen molar-refractivity contribution >= 4 is 23.3 Å². The topological polar surface area (TPSA) is 89.2 Å². The van der Waals surface area contributed by atoms with Gasteiger partial charge in [-0.1, -0.05) is 18.2 Å². The molecule has 6 nitrogen and oxygen atoms in total. The SMILES string of the molecule is NC(=O)Nc1cccc(NC(=O)Cc2ccc(-n3cccc3)cc2)c1. The Hall–Kier alpha value is -3.54. The molecule has 0 bridgehead atoms. The second-order valence-corrected chi connectivity index (χ2v) is 5.55. The summed E-state index contributed by atoms with van der Waals surface area (Å²) in [6.07, 6.45) is 4.20. The number of hydrogen-bond donors (Lipinski definition) is 3. The lowest BCUT2D eigenvalue weighted by Gasteiger charge is -2.08. The van der Waals surface area contributed by atoms with Gasteiger partial charge in [0.15, 0.2) is 0 Å². The third-order valence-electron chi connectivity index (χ3n) is 3.62. The van der Waals surface area contributed by atoms with Crippen molar-refractivity contribution < 1.29 is 9.59 Å². The summed E-state index contributed by atoms with van der Waals surface area (Å²) >= 11 is 0. The minimum Gasteiger partial charge on any atom is -0.351 e. The molecule has 0 unspecified atom stereocenters. The van der Waals surface area contributed by atoms with Crippen molar-refractivity contribution in [2.45, 2.75) is 6.42 Å². The minimum atomic E-state index is -0.647. The largest absolute Gasteiger partial charge is 0.351 e. The van der Waals surface area contributed by atoms with E-state index >= 15 is 0 Å². The molecule has 0 aliphatic heterocycles. The highest BCUT2D eigenvalue weighted by Gasteiger charge is 2.06. The molecule has 6 heteroatoms. The second-order valence-electron chi connectivity index (χ2n) is 5.55. The average molecular weight is 334 g/mol. The number of amides is 3. The van der Waals surface area contributed by atoms with Gasteiger partial charge in [0, 0.05) is 29.5 Å². The molecular weight excluding hydrogens is 316 g/mol. The Morgan fingerprint density at radius 2 is 1.52 bits per heavy atom. The van der Waals surface area contributed by atoms with Crippen LogP contribution in [0.5, 0.6) is 0 Å². The number of rotatable bonds is 5. The van der Waals surface area contributed by atoms with Crippen molar-refractivity contribution in [2.24, 2.45) is 5.73 Å². The first-order valence-electron chi connectivity index (χ1n) is 7.79. The zero-order valence-corrected chi connectivity index (χ0v) is 13.5. The fourth-order valence-corrected chi connectivity index (χ4v) is 2.50. The van der Waals surface area contributed by atoms with Gasteiger partial charge in [0.05, 0.1) is 6.42 Å². The molecule has 0 spiro atoms. The Labute approximate surface area is 145 Å². The minimum absolute atomic E-state index is 0.134. The number of benzene rings is 2. The van der Waals surface area contributed by atoms with Gasteiger partial charge in [0.1, 0.15) is 0 Å². The van der Waals surface area contributed by atoms with E-state index in [-0.39, 0.29) is 12.3 Å². The highest BCUT2D eigenvalue weighted by molar-refractivity contribution is 5.94. The Balaban J connectivity index is 1.62. The monoisotopic (exact) mass is 334 g/mol. The zero-order valence-electron chi connectivity index (χ0n) is 13.5. The van der Waals surface area contributed by atoms with Crippen LogP contribution in [0, 0.1) is 0 Å². The lowest BCUT2D eigenvalue weighted by molar-refractivity contribution is -0.115. The second kappa shape index (κ2) is 7.35. The first kappa shape index (κ1) is 16.3. The van der Waals surface area contributed by atoms with Crippen LogP contribution in [0.1, 0.15) is 5.56 Å². The third kappa shape index (κ3) is 4.48. The van der Waals surface area contributed by atoms with Gasteiger partial charge in [-0.05, 0) is 48.0 Å². The molecule has 126 valence electrons. The molecule has 25 heavy (non-hydrogen) atoms. The summed E-state index contributed by atoms with van der Waals surface area (Å²) in [4.78, 5) is 23.1. The van der Waals surface area contributed by atoms with Gasteiger partial charge in [-0.15, -0.1) is 0 Å². The molecule has 3 rings (SSSR count). The first-order valence-corrected chi connectivity index (χ1v) is 7.79. The maximum Gasteiger partial charge on any atom is 0.316 e. The molecule has 0 fully saturated rings. The molecule has 3 amide bonds. The Morgan fingerprint density at radius 3 is 2.16 bits per heavy atom. The van der Waals surface area contributed by atoms with Crippen molar-refractivity contribution in [3.8, 4) is 5.69 Å². The van der Waals surface area contributed by atoms with Crippen LogP contribution >= 0.6 is 0 Å². The van der Waals surface area contributed by atoms with Gasteiger partial charge in [-0.3, -0.25) is 4.79 Å². The Morgan fingerprint density at radius 1 is 0.880 bits per heavy atom. The van der Waals surface area contributed by atoms with Crippen LogP contribution in [0.3, 0.4) is 0 Å². The third-order valence-corrected chi connectivity index (χ3v) is 3.62. The van der Waals surface area contributed by atoms with Gasteiger partial charge in [0.25, 0.3) is 0 Å². The number of carbonyl (C=O) groups is 2. The van der Waals surface area contributed by atoms with Crippen LogP contribution in [-0.4, -0.2) is 16.5 Å². The summed E-state index contributed by atoms with van der Waals surface area (Å²) in [5.74, 6) is -0.134. The summed E-state index contributed by atoms with van der Waals surface area (Å²) in [5, 5.41) is 5.28. The molecular formula is C19H18N4O2. The van der Waals surface area contributed by atoms with Gasteiger partial charge in [-0.2, -0.15) is 0 Å². The van der Waals surface area contributed by atoms with E-state index in [1.54, 1.807) is 24.3 Å². The highest BCUT2D eigenvalue weighted by Crippen LogP contribution is 2.16. The number of aromatic nitrogens is 1. The van der Waals surface area contributed by atoms with E-state index in [0.29, 0.717) is 11.4 Å². The van der Waals surface area contributed by atoms with E-state index in [4.69, 9.17) is 5.73 Å². The van der Waals surface area contributed by atoms with E-state index in [9.17, 15) is 9.59 Å². The van der Waals surface area contributed by atoms with E-state index < -0.39 is 6.03 Å². The number of primary amides is 1. The highest BCUT2D eigenvalue weighted by atomic mass is 16.2. The van der Waals surface area contributed by atoms with Crippen LogP contribution in [0.15, 0.2) is 73.1 Å². The van der Waals surface area contributed by atoms with Gasteiger partial charge in [0.2, 0.25) is 5.91 Å². The number of nitrogens with one attached hydrogen (secondary N) is 2. The van der Waals surface area contributed by atoms with Gasteiger partial charge < -0.3 is 20.9 Å². The summed E-state index contributed by atoms with van der Waals surface area (Å²) in [7, 11) is 0. The number of urea groups is 1. The standard InChI is InChI=1S/C19H18N4O2/c20-19(25)22-16-5-3-4-15(13-16)21-18(24)12-14-6-8-17(9-7-14)23-10-1-2-11-23/h1-11,13H,12H2,(H,21,24)(H3,20,22,25). The molecule has 3 aromatic rings. The fraction of sp³-hybridized carbons (Fsp3) is 0.0526. The lowest BCUT2D eigenvalue weighted by atomic mass is 10.1. The summed E-state index contributed by atoms with van der Waals surface area (Å²) in [6, 6.07) is 17.9. The van der Waals surface area contributed by atoms with Crippen molar-refractivity contribution in [1.82, 2.24) is 4.57 Å². The molecule has 0 atom stereocenters. The van der Waals surface area contributed by atoms with E-state index in [2.05, 4.69) is 10.6 Å². The zero-order chi connectivity index (χ0) is 17.6. The maximum atomic E-state index is 12.2. The smallest absolute Gasteiger partial charge is 0.316 e. The van der Waals surface area contributed by atoms with Crippen LogP contribution in [0.2, 0.25) is 0 Å². The van der Waals surface area contributed by atoms with Gasteiger partial charge >= 0.3 is 6.03 Å². The Bertz CT molecular complexity index is 871. The maximum absolute atomic E-state index is 12.2. The number of anilines is 2. The molecule has 4 N–H and O–H groups in total. The molecule has 2 aromatic carbocycles. The summed E-state index contributed by atoms with van der Waals surface area (Å²) in [6.45, 7) is 0. The molecule has 1 heterocycles. The molecule has 0 saturated carbocycles. The van der Waals surface area contributed by atoms with Crippen molar-refractivity contribution in [3.63, 3.8) is 0 Å². The predicted molar refractivity (Wildman–Crippen MR) is 97.8 cm³/mol. The number of carbonyl (C=O) groups excluding carboxylic acids is 2. The fourth-order valence-electron chi connectivity index (χ4n) is 2.50. The van der Waals surface area contributed by atoms with Crippen molar-refractivity contribution in [3.05, 3.63) is 78.6 Å². The van der Waals surface area contributed by atoms with Crippen molar-refractivity contribution in [2.75, 3.05) is 10.6 Å². The molecule has 0 aliphatic carbocycles. The van der Waals surface area contributed by atoms with Crippen LogP contribution < -0.4 is 16.4 Å². The van der Waals surface area contributed by atoms with E-state index in [0.717, 1.165) is 11.3 Å². The van der Waals surface area contributed by atoms with Crippen LogP contribution in [-0.2, 0) is 11.2 Å². The van der Waals surface area contributed by atoms with Crippen molar-refractivity contribution in [1.29, 1.82) is 0 Å². The normalized spacial score (nSPS) is 10.2.